The van der Waals surface area contributed by atoms with Crippen LogP contribution >= 0.6 is 0 Å². The molecule has 1 aromatic rings. The first-order valence-electron chi connectivity index (χ1n) is 5.55. The fourth-order valence-corrected chi connectivity index (χ4v) is 2.10. The van der Waals surface area contributed by atoms with Gasteiger partial charge in [0, 0.05) is 12.1 Å². The van der Waals surface area contributed by atoms with Crippen molar-refractivity contribution >= 4 is 0 Å². The Morgan fingerprint density at radius 3 is 2.94 bits per heavy atom. The molecular formula is C12H17FN2O. The number of likely N-dealkylation sites (N-methyl/N-ethyl adjacent to an activating group) is 1. The smallest absolute Gasteiger partial charge is 0.128 e. The van der Waals surface area contributed by atoms with Crippen LogP contribution in [-0.2, 0) is 4.74 Å². The van der Waals surface area contributed by atoms with Crippen LogP contribution in [0.4, 0.5) is 4.39 Å². The molecule has 0 bridgehead atoms. The number of rotatable bonds is 3. The molecule has 2 unspecified atom stereocenters. The van der Waals surface area contributed by atoms with E-state index in [0.717, 1.165) is 13.2 Å². The van der Waals surface area contributed by atoms with Crippen LogP contribution in [0.5, 0.6) is 0 Å². The van der Waals surface area contributed by atoms with E-state index in [1.165, 1.54) is 6.07 Å². The number of hydrogen-bond acceptors (Lipinski definition) is 3. The first kappa shape index (κ1) is 11.5. The lowest BCUT2D eigenvalue weighted by Crippen LogP contribution is -2.48. The van der Waals surface area contributed by atoms with Gasteiger partial charge in [0.05, 0.1) is 25.3 Å². The van der Waals surface area contributed by atoms with Crippen LogP contribution in [0.25, 0.3) is 0 Å². The Kier molecular flexibility index (Phi) is 3.88. The second-order valence-electron chi connectivity index (χ2n) is 3.92. The van der Waals surface area contributed by atoms with Gasteiger partial charge in [-0.25, -0.2) is 4.39 Å². The molecule has 2 rings (SSSR count). The number of ether oxygens (including phenoxy) is 1. The van der Waals surface area contributed by atoms with E-state index in [1.54, 1.807) is 6.07 Å². The molecule has 16 heavy (non-hydrogen) atoms. The Morgan fingerprint density at radius 1 is 1.50 bits per heavy atom. The van der Waals surface area contributed by atoms with Crippen LogP contribution < -0.4 is 10.6 Å². The van der Waals surface area contributed by atoms with E-state index in [1.807, 2.05) is 19.2 Å². The lowest BCUT2D eigenvalue weighted by atomic mass is 9.98. The molecule has 2 atom stereocenters. The number of halogens is 1. The summed E-state index contributed by atoms with van der Waals surface area (Å²) in [4.78, 5) is 0. The van der Waals surface area contributed by atoms with Crippen molar-refractivity contribution in [3.63, 3.8) is 0 Å². The first-order chi connectivity index (χ1) is 7.83. The number of morpholine rings is 1. The summed E-state index contributed by atoms with van der Waals surface area (Å²) in [5.41, 5.74) is 0.688. The standard InChI is InChI=1S/C12H17FN2O/c1-14-12(11-8-16-7-6-15-11)9-4-2-3-5-10(9)13/h2-5,11-12,14-15H,6-8H2,1H3. The Labute approximate surface area is 95.0 Å². The highest BCUT2D eigenvalue weighted by Gasteiger charge is 2.25. The SMILES string of the molecule is CNC(c1ccccc1F)C1COCCN1. The minimum absolute atomic E-state index is 0.0542. The van der Waals surface area contributed by atoms with Gasteiger partial charge in [-0.05, 0) is 13.1 Å². The van der Waals surface area contributed by atoms with E-state index in [9.17, 15) is 4.39 Å². The van der Waals surface area contributed by atoms with E-state index in [0.29, 0.717) is 12.2 Å². The van der Waals surface area contributed by atoms with Gasteiger partial charge < -0.3 is 15.4 Å². The minimum Gasteiger partial charge on any atom is -0.378 e. The third-order valence-electron chi connectivity index (χ3n) is 2.90. The molecule has 0 radical (unpaired) electrons. The zero-order valence-electron chi connectivity index (χ0n) is 9.37. The molecule has 88 valence electrons. The van der Waals surface area contributed by atoms with Crippen LogP contribution in [0.3, 0.4) is 0 Å². The normalized spacial score (nSPS) is 23.0. The van der Waals surface area contributed by atoms with Crippen molar-refractivity contribution in [3.8, 4) is 0 Å². The molecule has 0 saturated carbocycles. The monoisotopic (exact) mass is 224 g/mol. The number of benzene rings is 1. The molecule has 1 saturated heterocycles. The van der Waals surface area contributed by atoms with Crippen LogP contribution in [0.2, 0.25) is 0 Å². The molecule has 1 heterocycles. The van der Waals surface area contributed by atoms with Gasteiger partial charge in [-0.3, -0.25) is 0 Å². The predicted molar refractivity (Wildman–Crippen MR) is 60.8 cm³/mol. The van der Waals surface area contributed by atoms with Crippen molar-refractivity contribution in [2.75, 3.05) is 26.8 Å². The fraction of sp³-hybridized carbons (Fsp3) is 0.500. The predicted octanol–water partition coefficient (Wildman–Crippen LogP) is 1.07. The summed E-state index contributed by atoms with van der Waals surface area (Å²) in [7, 11) is 1.84. The van der Waals surface area contributed by atoms with Crippen LogP contribution in [0.15, 0.2) is 24.3 Å². The molecule has 1 aromatic carbocycles. The first-order valence-corrected chi connectivity index (χ1v) is 5.55. The van der Waals surface area contributed by atoms with E-state index in [4.69, 9.17) is 4.74 Å². The molecule has 1 aliphatic heterocycles. The number of nitrogens with one attached hydrogen (secondary N) is 2. The molecule has 1 fully saturated rings. The topological polar surface area (TPSA) is 33.3 Å². The van der Waals surface area contributed by atoms with E-state index >= 15 is 0 Å². The zero-order valence-corrected chi connectivity index (χ0v) is 9.37. The van der Waals surface area contributed by atoms with Crippen molar-refractivity contribution in [1.82, 2.24) is 10.6 Å². The Bertz CT molecular complexity index is 340. The highest BCUT2D eigenvalue weighted by molar-refractivity contribution is 5.23. The van der Waals surface area contributed by atoms with Crippen molar-refractivity contribution < 1.29 is 9.13 Å². The van der Waals surface area contributed by atoms with Crippen molar-refractivity contribution in [3.05, 3.63) is 35.6 Å². The summed E-state index contributed by atoms with van der Waals surface area (Å²) in [6.45, 7) is 2.15. The lowest BCUT2D eigenvalue weighted by molar-refractivity contribution is 0.0641. The second-order valence-corrected chi connectivity index (χ2v) is 3.92. The largest absolute Gasteiger partial charge is 0.378 e. The van der Waals surface area contributed by atoms with Crippen LogP contribution in [0.1, 0.15) is 11.6 Å². The van der Waals surface area contributed by atoms with E-state index in [2.05, 4.69) is 10.6 Å². The molecular weight excluding hydrogens is 207 g/mol. The molecule has 1 aliphatic rings. The summed E-state index contributed by atoms with van der Waals surface area (Å²) in [5, 5.41) is 6.49. The Morgan fingerprint density at radius 2 is 2.31 bits per heavy atom. The van der Waals surface area contributed by atoms with Crippen molar-refractivity contribution in [2.45, 2.75) is 12.1 Å². The molecule has 0 aromatic heterocycles. The maximum Gasteiger partial charge on any atom is 0.128 e. The van der Waals surface area contributed by atoms with Gasteiger partial charge >= 0.3 is 0 Å². The molecule has 0 amide bonds. The summed E-state index contributed by atoms with van der Waals surface area (Å²) in [6, 6.07) is 6.93. The average molecular weight is 224 g/mol. The van der Waals surface area contributed by atoms with Crippen molar-refractivity contribution in [1.29, 1.82) is 0 Å². The van der Waals surface area contributed by atoms with E-state index in [-0.39, 0.29) is 17.9 Å². The van der Waals surface area contributed by atoms with E-state index < -0.39 is 0 Å². The zero-order chi connectivity index (χ0) is 11.4. The maximum atomic E-state index is 13.7. The van der Waals surface area contributed by atoms with Gasteiger partial charge in [0.15, 0.2) is 0 Å². The molecule has 3 nitrogen and oxygen atoms in total. The molecule has 4 heteroatoms. The Hall–Kier alpha value is -0.970. The molecule has 0 aliphatic carbocycles. The minimum atomic E-state index is -0.172. The Balaban J connectivity index is 2.18. The fourth-order valence-electron chi connectivity index (χ4n) is 2.10. The summed E-state index contributed by atoms with van der Waals surface area (Å²) >= 11 is 0. The maximum absolute atomic E-state index is 13.7. The average Bonchev–Trinajstić information content (AvgIpc) is 2.34. The third kappa shape index (κ3) is 2.40. The van der Waals surface area contributed by atoms with Gasteiger partial charge in [-0.15, -0.1) is 0 Å². The summed E-state index contributed by atoms with van der Waals surface area (Å²) < 4.78 is 19.1. The summed E-state index contributed by atoms with van der Waals surface area (Å²) in [5.74, 6) is -0.172. The molecule has 0 spiro atoms. The summed E-state index contributed by atoms with van der Waals surface area (Å²) in [6.07, 6.45) is 0. The lowest BCUT2D eigenvalue weighted by Gasteiger charge is -2.31. The second kappa shape index (κ2) is 5.39. The highest BCUT2D eigenvalue weighted by Crippen LogP contribution is 2.20. The van der Waals surface area contributed by atoms with Gasteiger partial charge in [0.2, 0.25) is 0 Å². The van der Waals surface area contributed by atoms with Gasteiger partial charge in [0.1, 0.15) is 5.82 Å². The van der Waals surface area contributed by atoms with Crippen LogP contribution in [0, 0.1) is 5.82 Å². The molecule has 2 N–H and O–H groups in total. The van der Waals surface area contributed by atoms with Crippen LogP contribution in [-0.4, -0.2) is 32.8 Å². The van der Waals surface area contributed by atoms with Gasteiger partial charge in [0.25, 0.3) is 0 Å². The third-order valence-corrected chi connectivity index (χ3v) is 2.90. The quantitative estimate of drug-likeness (QED) is 0.806. The van der Waals surface area contributed by atoms with Crippen molar-refractivity contribution in [2.24, 2.45) is 0 Å². The number of hydrogen-bond donors (Lipinski definition) is 2. The highest BCUT2D eigenvalue weighted by atomic mass is 19.1. The van der Waals surface area contributed by atoms with Gasteiger partial charge in [-0.1, -0.05) is 18.2 Å². The van der Waals surface area contributed by atoms with Gasteiger partial charge in [-0.2, -0.15) is 0 Å².